The lowest BCUT2D eigenvalue weighted by Gasteiger charge is -2.25. The summed E-state index contributed by atoms with van der Waals surface area (Å²) < 4.78 is 33.0. The number of sulfonamides is 1. The van der Waals surface area contributed by atoms with Crippen molar-refractivity contribution in [2.45, 2.75) is 12.3 Å². The molecule has 150 valence electrons. The molecule has 29 heavy (non-hydrogen) atoms. The molecule has 3 rings (SSSR count). The molecule has 0 aliphatic rings. The summed E-state index contributed by atoms with van der Waals surface area (Å²) in [6, 6.07) is 21.6. The van der Waals surface area contributed by atoms with E-state index >= 15 is 0 Å². The Morgan fingerprint density at radius 1 is 0.897 bits per heavy atom. The third-order valence-electron chi connectivity index (χ3n) is 4.36. The molecule has 0 N–H and O–H groups in total. The summed E-state index contributed by atoms with van der Waals surface area (Å²) in [5.74, 6) is 0.352. The summed E-state index contributed by atoms with van der Waals surface area (Å²) in [7, 11) is -2.21. The fourth-order valence-corrected chi connectivity index (χ4v) is 4.41. The molecule has 0 aliphatic heterocycles. The Morgan fingerprint density at radius 2 is 1.52 bits per heavy atom. The molecule has 0 spiro atoms. The second-order valence-electron chi connectivity index (χ2n) is 6.37. The molecule has 3 aromatic carbocycles. The van der Waals surface area contributed by atoms with E-state index < -0.39 is 14.9 Å². The Balaban J connectivity index is 1.93. The minimum atomic E-state index is -3.76. The first kappa shape index (κ1) is 20.3. The number of methoxy groups -OCH3 is 1. The van der Waals surface area contributed by atoms with Crippen molar-refractivity contribution >= 4 is 21.4 Å². The van der Waals surface area contributed by atoms with Gasteiger partial charge in [-0.25, -0.2) is 8.42 Å². The lowest BCUT2D eigenvalue weighted by Crippen LogP contribution is -2.31. The molecule has 7 nitrogen and oxygen atoms in total. The summed E-state index contributed by atoms with van der Waals surface area (Å²) in [5.41, 5.74) is 1.75. The molecule has 0 amide bonds. The molecule has 0 saturated heterocycles. The van der Waals surface area contributed by atoms with Crippen LogP contribution < -0.4 is 9.04 Å². The molecule has 0 aliphatic carbocycles. The van der Waals surface area contributed by atoms with Gasteiger partial charge in [0.2, 0.25) is 10.0 Å². The van der Waals surface area contributed by atoms with Gasteiger partial charge in [-0.2, -0.15) is 0 Å². The zero-order valence-electron chi connectivity index (χ0n) is 15.8. The summed E-state index contributed by atoms with van der Waals surface area (Å²) >= 11 is 0. The normalized spacial score (nSPS) is 11.1. The Hall–Kier alpha value is -3.39. The fraction of sp³-hybridized carbons (Fsp3) is 0.143. The first-order valence-electron chi connectivity index (χ1n) is 8.81. The first-order chi connectivity index (χ1) is 13.9. The van der Waals surface area contributed by atoms with Crippen LogP contribution in [0.1, 0.15) is 11.1 Å². The third-order valence-corrected chi connectivity index (χ3v) is 6.07. The largest absolute Gasteiger partial charge is 0.497 e. The monoisotopic (exact) mass is 412 g/mol. The van der Waals surface area contributed by atoms with Crippen LogP contribution in [0.5, 0.6) is 5.75 Å². The van der Waals surface area contributed by atoms with Gasteiger partial charge in [0.15, 0.2) is 0 Å². The van der Waals surface area contributed by atoms with Crippen molar-refractivity contribution in [1.82, 2.24) is 0 Å². The molecule has 0 unspecified atom stereocenters. The van der Waals surface area contributed by atoms with Crippen LogP contribution in [0.4, 0.5) is 11.4 Å². The molecule has 0 fully saturated rings. The highest BCUT2D eigenvalue weighted by atomic mass is 32.2. The van der Waals surface area contributed by atoms with Crippen molar-refractivity contribution in [2.24, 2.45) is 0 Å². The van der Waals surface area contributed by atoms with E-state index in [9.17, 15) is 18.5 Å². The quantitative estimate of drug-likeness (QED) is 0.410. The summed E-state index contributed by atoms with van der Waals surface area (Å²) in [6.45, 7) is 0.169. The molecule has 0 aromatic heterocycles. The first-order valence-corrected chi connectivity index (χ1v) is 10.4. The van der Waals surface area contributed by atoms with Crippen molar-refractivity contribution in [3.05, 3.63) is 100 Å². The van der Waals surface area contributed by atoms with Gasteiger partial charge in [0.1, 0.15) is 5.75 Å². The van der Waals surface area contributed by atoms with Gasteiger partial charge < -0.3 is 4.74 Å². The smallest absolute Gasteiger partial charge is 0.269 e. The zero-order valence-corrected chi connectivity index (χ0v) is 16.6. The fourth-order valence-electron chi connectivity index (χ4n) is 2.85. The number of benzene rings is 3. The highest BCUT2D eigenvalue weighted by Gasteiger charge is 2.24. The van der Waals surface area contributed by atoms with E-state index in [4.69, 9.17) is 4.74 Å². The summed E-state index contributed by atoms with van der Waals surface area (Å²) in [4.78, 5) is 10.3. The molecular weight excluding hydrogens is 392 g/mol. The van der Waals surface area contributed by atoms with Crippen molar-refractivity contribution in [1.29, 1.82) is 0 Å². The maximum absolute atomic E-state index is 13.2. The van der Waals surface area contributed by atoms with Crippen molar-refractivity contribution < 1.29 is 18.1 Å². The van der Waals surface area contributed by atoms with Crippen molar-refractivity contribution in [3.8, 4) is 5.75 Å². The zero-order chi connectivity index (χ0) is 20.9. The number of ether oxygens (including phenoxy) is 1. The van der Waals surface area contributed by atoms with Crippen molar-refractivity contribution in [2.75, 3.05) is 11.4 Å². The summed E-state index contributed by atoms with van der Waals surface area (Å²) in [6.07, 6.45) is 0. The predicted octanol–water partition coefficient (Wildman–Crippen LogP) is 4.14. The standard InChI is InChI=1S/C21H20N2O5S/c1-28-21-13-11-19(12-14-21)22(15-17-5-3-2-4-6-17)29(26,27)16-18-7-9-20(10-8-18)23(24)25/h2-14H,15-16H2,1H3. The van der Waals surface area contributed by atoms with Gasteiger partial charge in [-0.15, -0.1) is 0 Å². The van der Waals surface area contributed by atoms with Gasteiger partial charge in [-0.3, -0.25) is 14.4 Å². The van der Waals surface area contributed by atoms with E-state index in [2.05, 4.69) is 0 Å². The molecule has 0 saturated carbocycles. The van der Waals surface area contributed by atoms with Crippen LogP contribution >= 0.6 is 0 Å². The van der Waals surface area contributed by atoms with E-state index in [-0.39, 0.29) is 18.0 Å². The van der Waals surface area contributed by atoms with Gasteiger partial charge >= 0.3 is 0 Å². The Labute approximate surface area is 169 Å². The number of non-ortho nitro benzene ring substituents is 1. The van der Waals surface area contributed by atoms with E-state index in [0.717, 1.165) is 5.56 Å². The number of nitro groups is 1. The number of hydrogen-bond donors (Lipinski definition) is 0. The van der Waals surface area contributed by atoms with E-state index in [0.29, 0.717) is 17.0 Å². The van der Waals surface area contributed by atoms with Gasteiger partial charge in [-0.1, -0.05) is 42.5 Å². The maximum Gasteiger partial charge on any atom is 0.269 e. The Morgan fingerprint density at radius 3 is 2.07 bits per heavy atom. The molecule has 3 aromatic rings. The van der Waals surface area contributed by atoms with Crippen LogP contribution in [-0.2, 0) is 22.3 Å². The minimum absolute atomic E-state index is 0.0811. The second kappa shape index (κ2) is 8.74. The van der Waals surface area contributed by atoms with Crippen molar-refractivity contribution in [3.63, 3.8) is 0 Å². The Bertz CT molecular complexity index is 1070. The van der Waals surface area contributed by atoms with E-state index in [1.165, 1.54) is 28.6 Å². The van der Waals surface area contributed by atoms with Crippen LogP contribution in [0, 0.1) is 10.1 Å². The number of rotatable bonds is 8. The molecule has 8 heteroatoms. The number of nitrogens with zero attached hydrogens (tertiary/aromatic N) is 2. The third kappa shape index (κ3) is 5.11. The van der Waals surface area contributed by atoms with E-state index in [1.807, 2.05) is 30.3 Å². The number of anilines is 1. The average Bonchev–Trinajstić information content (AvgIpc) is 2.73. The molecular formula is C21H20N2O5S. The van der Waals surface area contributed by atoms with Crippen LogP contribution in [0.2, 0.25) is 0 Å². The van der Waals surface area contributed by atoms with Gasteiger partial charge in [0, 0.05) is 12.1 Å². The van der Waals surface area contributed by atoms with Crippen LogP contribution in [0.15, 0.2) is 78.9 Å². The average molecular weight is 412 g/mol. The number of nitro benzene ring substituents is 1. The Kier molecular flexibility index (Phi) is 6.13. The van der Waals surface area contributed by atoms with Gasteiger partial charge in [0.25, 0.3) is 5.69 Å². The highest BCUT2D eigenvalue weighted by molar-refractivity contribution is 7.92. The maximum atomic E-state index is 13.2. The van der Waals surface area contributed by atoms with Gasteiger partial charge in [0.05, 0.1) is 30.0 Å². The summed E-state index contributed by atoms with van der Waals surface area (Å²) in [5, 5.41) is 10.8. The molecule has 0 radical (unpaired) electrons. The molecule has 0 atom stereocenters. The topological polar surface area (TPSA) is 89.8 Å². The predicted molar refractivity (Wildman–Crippen MR) is 111 cm³/mol. The SMILES string of the molecule is COc1ccc(N(Cc2ccccc2)S(=O)(=O)Cc2ccc([N+](=O)[O-])cc2)cc1. The van der Waals surface area contributed by atoms with Crippen LogP contribution in [-0.4, -0.2) is 20.5 Å². The van der Waals surface area contributed by atoms with Gasteiger partial charge in [-0.05, 0) is 35.4 Å². The highest BCUT2D eigenvalue weighted by Crippen LogP contribution is 2.26. The minimum Gasteiger partial charge on any atom is -0.497 e. The van der Waals surface area contributed by atoms with E-state index in [1.54, 1.807) is 31.4 Å². The lowest BCUT2D eigenvalue weighted by atomic mass is 10.2. The lowest BCUT2D eigenvalue weighted by molar-refractivity contribution is -0.384. The second-order valence-corrected chi connectivity index (χ2v) is 8.26. The molecule has 0 bridgehead atoms. The number of hydrogen-bond acceptors (Lipinski definition) is 5. The van der Waals surface area contributed by atoms with Crippen LogP contribution in [0.25, 0.3) is 0 Å². The molecule has 0 heterocycles. The van der Waals surface area contributed by atoms with Crippen LogP contribution in [0.3, 0.4) is 0 Å².